The lowest BCUT2D eigenvalue weighted by molar-refractivity contribution is 0.307. The fourth-order valence-electron chi connectivity index (χ4n) is 3.74. The van der Waals surface area contributed by atoms with Crippen LogP contribution in [0.25, 0.3) is 0 Å². The molecule has 0 atom stereocenters. The lowest BCUT2D eigenvalue weighted by Gasteiger charge is -2.30. The van der Waals surface area contributed by atoms with Crippen molar-refractivity contribution in [1.82, 2.24) is 0 Å². The molecular weight excluding hydrogens is 244 g/mol. The van der Waals surface area contributed by atoms with Crippen LogP contribution in [0.5, 0.6) is 5.75 Å². The average Bonchev–Trinajstić information content (AvgIpc) is 2.46. The fourth-order valence-corrected chi connectivity index (χ4v) is 3.74. The molecule has 1 aromatic rings. The zero-order valence-corrected chi connectivity index (χ0v) is 13.7. The van der Waals surface area contributed by atoms with Gasteiger partial charge in [0, 0.05) is 0 Å². The van der Waals surface area contributed by atoms with Crippen molar-refractivity contribution in [3.8, 4) is 5.75 Å². The number of ether oxygens (including phenoxy) is 1. The van der Waals surface area contributed by atoms with Gasteiger partial charge >= 0.3 is 0 Å². The zero-order chi connectivity index (χ0) is 14.5. The third-order valence-corrected chi connectivity index (χ3v) is 5.06. The van der Waals surface area contributed by atoms with E-state index in [0.717, 1.165) is 24.2 Å². The third-order valence-electron chi connectivity index (χ3n) is 5.06. The molecule has 0 unspecified atom stereocenters. The van der Waals surface area contributed by atoms with Crippen molar-refractivity contribution in [3.05, 3.63) is 28.8 Å². The molecule has 0 bridgehead atoms. The van der Waals surface area contributed by atoms with Gasteiger partial charge < -0.3 is 4.74 Å². The van der Waals surface area contributed by atoms with Gasteiger partial charge in [0.1, 0.15) is 5.75 Å². The minimum absolute atomic E-state index is 0.752. The van der Waals surface area contributed by atoms with Crippen molar-refractivity contribution in [1.29, 1.82) is 0 Å². The van der Waals surface area contributed by atoms with Crippen LogP contribution in [-0.4, -0.2) is 6.61 Å². The van der Waals surface area contributed by atoms with Gasteiger partial charge in [0.15, 0.2) is 0 Å². The monoisotopic (exact) mass is 274 g/mol. The van der Waals surface area contributed by atoms with Crippen LogP contribution in [0.3, 0.4) is 0 Å². The van der Waals surface area contributed by atoms with Crippen molar-refractivity contribution in [2.45, 2.75) is 72.1 Å². The van der Waals surface area contributed by atoms with Crippen LogP contribution in [0, 0.1) is 19.8 Å². The highest BCUT2D eigenvalue weighted by Gasteiger charge is 2.23. The number of hydrogen-bond acceptors (Lipinski definition) is 1. The largest absolute Gasteiger partial charge is 0.494 e. The molecule has 0 N–H and O–H groups in total. The molecule has 1 aliphatic rings. The van der Waals surface area contributed by atoms with E-state index in [9.17, 15) is 0 Å². The molecule has 0 radical (unpaired) electrons. The molecule has 1 fully saturated rings. The van der Waals surface area contributed by atoms with E-state index in [4.69, 9.17) is 4.74 Å². The summed E-state index contributed by atoms with van der Waals surface area (Å²) in [4.78, 5) is 0. The van der Waals surface area contributed by atoms with Crippen molar-refractivity contribution in [3.63, 3.8) is 0 Å². The highest BCUT2D eigenvalue weighted by atomic mass is 16.5. The predicted molar refractivity (Wildman–Crippen MR) is 86.7 cm³/mol. The van der Waals surface area contributed by atoms with Crippen LogP contribution in [0.15, 0.2) is 12.1 Å². The summed E-state index contributed by atoms with van der Waals surface area (Å²) in [5, 5.41) is 0. The molecular formula is C19H30O. The fraction of sp³-hybridized carbons (Fsp3) is 0.684. The molecule has 1 heteroatoms. The number of rotatable bonds is 5. The van der Waals surface area contributed by atoms with Crippen molar-refractivity contribution in [2.75, 3.05) is 6.61 Å². The van der Waals surface area contributed by atoms with E-state index in [2.05, 4.69) is 39.8 Å². The normalized spacial score (nSPS) is 22.8. The quantitative estimate of drug-likeness (QED) is 0.661. The molecule has 2 rings (SSSR count). The third kappa shape index (κ3) is 3.37. The van der Waals surface area contributed by atoms with E-state index < -0.39 is 0 Å². The molecule has 0 spiro atoms. The minimum atomic E-state index is 0.752. The lowest BCUT2D eigenvalue weighted by atomic mass is 9.76. The summed E-state index contributed by atoms with van der Waals surface area (Å²) in [7, 11) is 0. The van der Waals surface area contributed by atoms with Gasteiger partial charge in [-0.3, -0.25) is 0 Å². The molecule has 1 aliphatic carbocycles. The number of benzene rings is 1. The zero-order valence-electron chi connectivity index (χ0n) is 13.7. The smallest absolute Gasteiger partial charge is 0.122 e. The van der Waals surface area contributed by atoms with E-state index in [1.54, 1.807) is 5.56 Å². The maximum atomic E-state index is 5.71. The Balaban J connectivity index is 2.08. The van der Waals surface area contributed by atoms with Crippen LogP contribution in [-0.2, 0) is 0 Å². The Morgan fingerprint density at radius 1 is 1.00 bits per heavy atom. The maximum Gasteiger partial charge on any atom is 0.122 e. The molecule has 0 saturated heterocycles. The van der Waals surface area contributed by atoms with Crippen molar-refractivity contribution >= 4 is 0 Å². The molecule has 0 amide bonds. The molecule has 1 nitrogen and oxygen atoms in total. The van der Waals surface area contributed by atoms with Gasteiger partial charge in [0.25, 0.3) is 0 Å². The highest BCUT2D eigenvalue weighted by Crippen LogP contribution is 2.40. The highest BCUT2D eigenvalue weighted by molar-refractivity contribution is 5.45. The van der Waals surface area contributed by atoms with Gasteiger partial charge in [-0.05, 0) is 81.0 Å². The Morgan fingerprint density at radius 3 is 2.30 bits per heavy atom. The van der Waals surface area contributed by atoms with E-state index >= 15 is 0 Å². The second-order valence-electron chi connectivity index (χ2n) is 6.34. The summed E-state index contributed by atoms with van der Waals surface area (Å²) < 4.78 is 5.71. The molecule has 1 saturated carbocycles. The summed E-state index contributed by atoms with van der Waals surface area (Å²) in [6, 6.07) is 4.50. The van der Waals surface area contributed by atoms with E-state index in [0.29, 0.717) is 0 Å². The summed E-state index contributed by atoms with van der Waals surface area (Å²) in [5.74, 6) is 2.83. The van der Waals surface area contributed by atoms with Gasteiger partial charge in [-0.15, -0.1) is 0 Å². The number of hydrogen-bond donors (Lipinski definition) is 0. The predicted octanol–water partition coefficient (Wildman–Crippen LogP) is 5.78. The molecule has 112 valence electrons. The molecule has 0 aliphatic heterocycles. The first-order valence-electron chi connectivity index (χ1n) is 8.40. The van der Waals surface area contributed by atoms with Crippen LogP contribution < -0.4 is 4.74 Å². The standard InChI is InChI=1S/C19H30O/c1-5-7-16-8-10-17(11-9-16)18-12-13-19(20-6-2)15(4)14(18)3/h12-13,16-17H,5-11H2,1-4H3. The second kappa shape index (κ2) is 7.15. The first kappa shape index (κ1) is 15.4. The summed E-state index contributed by atoms with van der Waals surface area (Å²) >= 11 is 0. The van der Waals surface area contributed by atoms with Crippen LogP contribution in [0.2, 0.25) is 0 Å². The van der Waals surface area contributed by atoms with E-state index in [-0.39, 0.29) is 0 Å². The summed E-state index contributed by atoms with van der Waals surface area (Å²) in [6.07, 6.45) is 8.36. The minimum Gasteiger partial charge on any atom is -0.494 e. The van der Waals surface area contributed by atoms with E-state index in [1.807, 2.05) is 0 Å². The molecule has 0 aromatic heterocycles. The molecule has 1 aromatic carbocycles. The van der Waals surface area contributed by atoms with E-state index in [1.165, 1.54) is 49.7 Å². The van der Waals surface area contributed by atoms with Crippen molar-refractivity contribution in [2.24, 2.45) is 5.92 Å². The SMILES string of the molecule is CCCC1CCC(c2ccc(OCC)c(C)c2C)CC1. The topological polar surface area (TPSA) is 9.23 Å². The van der Waals surface area contributed by atoms with Gasteiger partial charge in [0.05, 0.1) is 6.61 Å². The summed E-state index contributed by atoms with van der Waals surface area (Å²) in [6.45, 7) is 9.59. The maximum absolute atomic E-state index is 5.71. The molecule has 0 heterocycles. The Kier molecular flexibility index (Phi) is 5.51. The Labute approximate surface area is 124 Å². The first-order chi connectivity index (χ1) is 9.67. The van der Waals surface area contributed by atoms with Gasteiger partial charge in [0.2, 0.25) is 0 Å². The lowest BCUT2D eigenvalue weighted by Crippen LogP contribution is -2.14. The van der Waals surface area contributed by atoms with Gasteiger partial charge in [-0.1, -0.05) is 25.8 Å². The average molecular weight is 274 g/mol. The second-order valence-corrected chi connectivity index (χ2v) is 6.34. The van der Waals surface area contributed by atoms with Crippen molar-refractivity contribution < 1.29 is 4.74 Å². The Bertz CT molecular complexity index is 428. The summed E-state index contributed by atoms with van der Waals surface area (Å²) in [5.41, 5.74) is 4.36. The van der Waals surface area contributed by atoms with Gasteiger partial charge in [-0.2, -0.15) is 0 Å². The van der Waals surface area contributed by atoms with Crippen LogP contribution >= 0.6 is 0 Å². The first-order valence-corrected chi connectivity index (χ1v) is 8.40. The van der Waals surface area contributed by atoms with Crippen LogP contribution in [0.4, 0.5) is 0 Å². The van der Waals surface area contributed by atoms with Crippen LogP contribution in [0.1, 0.15) is 75.0 Å². The van der Waals surface area contributed by atoms with Gasteiger partial charge in [-0.25, -0.2) is 0 Å². The molecule has 20 heavy (non-hydrogen) atoms. The Hall–Kier alpha value is -0.980. The Morgan fingerprint density at radius 2 is 1.70 bits per heavy atom.